The Morgan fingerprint density at radius 2 is 2.06 bits per heavy atom. The van der Waals surface area contributed by atoms with Crippen molar-refractivity contribution in [1.82, 2.24) is 5.32 Å². The zero-order valence-corrected chi connectivity index (χ0v) is 14.0. The van der Waals surface area contributed by atoms with E-state index in [1.807, 2.05) is 0 Å². The van der Waals surface area contributed by atoms with Gasteiger partial charge in [0.25, 0.3) is 0 Å². The van der Waals surface area contributed by atoms with Crippen LogP contribution in [0.2, 0.25) is 0 Å². The normalized spacial score (nSPS) is 9.88. The molecule has 0 saturated carbocycles. The van der Waals surface area contributed by atoms with E-state index in [2.05, 4.69) is 5.32 Å². The fourth-order valence-corrected chi connectivity index (χ4v) is 1.29. The minimum Gasteiger partial charge on any atom is -0.810 e. The van der Waals surface area contributed by atoms with Crippen molar-refractivity contribution in [3.05, 3.63) is 24.2 Å². The largest absolute Gasteiger partial charge is 1.00 e. The van der Waals surface area contributed by atoms with Gasteiger partial charge in [0.05, 0.1) is 19.0 Å². The fraction of sp³-hybridized carbons (Fsp3) is 0.286. The summed E-state index contributed by atoms with van der Waals surface area (Å²) in [5, 5.41) is 2.24. The third kappa shape index (κ3) is 8.98. The molecule has 1 aromatic heterocycles. The first-order valence-corrected chi connectivity index (χ1v) is 5.50. The van der Waals surface area contributed by atoms with Gasteiger partial charge in [0.15, 0.2) is 0 Å². The molecule has 1 heterocycles. The number of nitrogens with one attached hydrogen (secondary N) is 1. The Labute approximate surface area is 137 Å². The zero-order valence-electron chi connectivity index (χ0n) is 9.13. The molecule has 0 bridgehead atoms. The molecule has 0 aliphatic carbocycles. The van der Waals surface area contributed by atoms with Gasteiger partial charge in [-0.15, -0.1) is 0 Å². The van der Waals surface area contributed by atoms with E-state index < -0.39 is 19.7 Å². The van der Waals surface area contributed by atoms with Gasteiger partial charge in [0.2, 0.25) is 5.91 Å². The second-order valence-electron chi connectivity index (χ2n) is 2.63. The quantitative estimate of drug-likeness (QED) is 0.429. The van der Waals surface area contributed by atoms with Crippen LogP contribution in [0.1, 0.15) is 5.76 Å². The summed E-state index contributed by atoms with van der Waals surface area (Å²) in [7, 11) is -4.77. The summed E-state index contributed by atoms with van der Waals surface area (Å²) < 4.78 is 15.1. The summed E-state index contributed by atoms with van der Waals surface area (Å²) in [5.41, 5.74) is 0. The molecule has 78 valence electrons. The molecule has 9 heteroatoms. The van der Waals surface area contributed by atoms with Crippen LogP contribution in [0.4, 0.5) is 0 Å². The molecule has 0 unspecified atom stereocenters. The second-order valence-corrected chi connectivity index (χ2v) is 4.16. The Morgan fingerprint density at radius 3 is 2.50 bits per heavy atom. The third-order valence-corrected chi connectivity index (χ3v) is 2.05. The molecular weight excluding hydrogens is 255 g/mol. The van der Waals surface area contributed by atoms with Gasteiger partial charge in [-0.2, -0.15) is 0 Å². The Bertz CT molecular complexity index is 350. The molecule has 0 radical (unpaired) electrons. The van der Waals surface area contributed by atoms with Crippen molar-refractivity contribution in [3.8, 4) is 0 Å². The SMILES string of the molecule is O=C(CP(=O)([O-])[O-])NCc1ccco1.[Na+].[Na+]. The van der Waals surface area contributed by atoms with E-state index in [1.54, 1.807) is 12.1 Å². The summed E-state index contributed by atoms with van der Waals surface area (Å²) in [5.74, 6) is -0.334. The molecular formula is C7H8NNa2O5P. The molecule has 0 aliphatic heterocycles. The molecule has 1 rings (SSSR count). The first-order valence-electron chi connectivity index (χ1n) is 3.77. The average Bonchev–Trinajstić information content (AvgIpc) is 2.49. The number of carbonyl (C=O) groups excluding carboxylic acids is 1. The topological polar surface area (TPSA) is 105 Å². The van der Waals surface area contributed by atoms with Crippen molar-refractivity contribution >= 4 is 13.5 Å². The van der Waals surface area contributed by atoms with Crippen LogP contribution in [0.25, 0.3) is 0 Å². The Kier molecular flexibility index (Phi) is 10.7. The van der Waals surface area contributed by atoms with Gasteiger partial charge in [0, 0.05) is 0 Å². The molecule has 0 atom stereocenters. The van der Waals surface area contributed by atoms with Crippen LogP contribution in [0.5, 0.6) is 0 Å². The van der Waals surface area contributed by atoms with Crippen molar-refractivity contribution < 1.29 is 82.7 Å². The summed E-state index contributed by atoms with van der Waals surface area (Å²) in [6.07, 6.45) is 0.404. The molecule has 6 nitrogen and oxygen atoms in total. The van der Waals surface area contributed by atoms with E-state index in [-0.39, 0.29) is 65.7 Å². The Morgan fingerprint density at radius 1 is 1.44 bits per heavy atom. The van der Waals surface area contributed by atoms with Crippen molar-refractivity contribution in [2.45, 2.75) is 6.54 Å². The van der Waals surface area contributed by atoms with Gasteiger partial charge in [-0.25, -0.2) is 0 Å². The van der Waals surface area contributed by atoms with E-state index in [0.29, 0.717) is 5.76 Å². The number of hydrogen-bond acceptors (Lipinski definition) is 5. The van der Waals surface area contributed by atoms with Crippen LogP contribution in [0.15, 0.2) is 22.8 Å². The minimum atomic E-state index is -4.77. The zero-order chi connectivity index (χ0) is 10.6. The number of carbonyl (C=O) groups is 1. The molecule has 16 heavy (non-hydrogen) atoms. The van der Waals surface area contributed by atoms with Crippen molar-refractivity contribution in [1.29, 1.82) is 0 Å². The number of hydrogen-bond donors (Lipinski definition) is 1. The summed E-state index contributed by atoms with van der Waals surface area (Å²) in [4.78, 5) is 31.2. The maximum Gasteiger partial charge on any atom is 1.00 e. The smallest absolute Gasteiger partial charge is 0.810 e. The van der Waals surface area contributed by atoms with Gasteiger partial charge < -0.3 is 24.1 Å². The van der Waals surface area contributed by atoms with Gasteiger partial charge in [-0.3, -0.25) is 4.79 Å². The molecule has 0 aromatic carbocycles. The van der Waals surface area contributed by atoms with Gasteiger partial charge in [0.1, 0.15) is 5.76 Å². The predicted molar refractivity (Wildman–Crippen MR) is 43.0 cm³/mol. The van der Waals surface area contributed by atoms with E-state index in [9.17, 15) is 19.1 Å². The molecule has 0 spiro atoms. The summed E-state index contributed by atoms with van der Waals surface area (Å²) in [6.45, 7) is 0.0752. The minimum absolute atomic E-state index is 0. The molecule has 0 fully saturated rings. The van der Waals surface area contributed by atoms with Crippen LogP contribution in [-0.4, -0.2) is 12.1 Å². The van der Waals surface area contributed by atoms with Crippen molar-refractivity contribution in [2.75, 3.05) is 6.16 Å². The maximum absolute atomic E-state index is 10.8. The third-order valence-electron chi connectivity index (χ3n) is 1.38. The molecule has 0 saturated heterocycles. The predicted octanol–water partition coefficient (Wildman–Crippen LogP) is -7.18. The van der Waals surface area contributed by atoms with Crippen LogP contribution in [-0.2, 0) is 15.9 Å². The van der Waals surface area contributed by atoms with Crippen molar-refractivity contribution in [3.63, 3.8) is 0 Å². The second kappa shape index (κ2) is 8.91. The summed E-state index contributed by atoms with van der Waals surface area (Å²) in [6, 6.07) is 3.25. The fourth-order valence-electron chi connectivity index (χ4n) is 0.831. The number of amides is 1. The van der Waals surface area contributed by atoms with E-state index >= 15 is 0 Å². The van der Waals surface area contributed by atoms with Gasteiger partial charge in [-0.1, -0.05) is 7.60 Å². The van der Waals surface area contributed by atoms with E-state index in [4.69, 9.17) is 4.42 Å². The van der Waals surface area contributed by atoms with Crippen LogP contribution >= 0.6 is 7.60 Å². The van der Waals surface area contributed by atoms with Crippen LogP contribution < -0.4 is 74.2 Å². The van der Waals surface area contributed by atoms with Crippen molar-refractivity contribution in [2.24, 2.45) is 0 Å². The van der Waals surface area contributed by atoms with Crippen LogP contribution in [0, 0.1) is 0 Å². The standard InChI is InChI=1S/C7H10NO5P.2Na/c9-7(5-14(10,11)12)8-4-6-2-1-3-13-6;;/h1-3H,4-5H2,(H,8,9)(H2,10,11,12);;/q;2*+1/p-2. The monoisotopic (exact) mass is 263 g/mol. The Balaban J connectivity index is 0. The molecule has 1 N–H and O–H groups in total. The number of rotatable bonds is 4. The summed E-state index contributed by atoms with van der Waals surface area (Å²) >= 11 is 0. The molecule has 1 aromatic rings. The maximum atomic E-state index is 10.8. The van der Waals surface area contributed by atoms with Crippen LogP contribution in [0.3, 0.4) is 0 Å². The van der Waals surface area contributed by atoms with Gasteiger partial charge in [-0.05, 0) is 12.1 Å². The first kappa shape index (κ1) is 19.2. The molecule has 0 aliphatic rings. The first-order chi connectivity index (χ1) is 6.47. The Hall–Kier alpha value is 0.900. The van der Waals surface area contributed by atoms with Gasteiger partial charge >= 0.3 is 59.1 Å². The van der Waals surface area contributed by atoms with E-state index in [1.165, 1.54) is 6.26 Å². The van der Waals surface area contributed by atoms with E-state index in [0.717, 1.165) is 0 Å². The molecule has 1 amide bonds. The number of furan rings is 1. The average molecular weight is 263 g/mol.